The second-order valence-corrected chi connectivity index (χ2v) is 24.6. The topological polar surface area (TPSA) is 95.9 Å². The fourth-order valence-electron chi connectivity index (χ4n) is 11.2. The number of allylic oxidation sites excluding steroid dienone is 5. The number of hydrogen-bond donors (Lipinski definition) is 3. The van der Waals surface area contributed by atoms with Crippen molar-refractivity contribution in [3.8, 4) is 0 Å². The summed E-state index contributed by atoms with van der Waals surface area (Å²) in [5.41, 5.74) is 0. The molecule has 0 bridgehead atoms. The maximum Gasteiger partial charge on any atom is 0.305 e. The molecule has 0 spiro atoms. The Bertz CT molecular complexity index is 1280. The molecule has 2 atom stereocenters. The summed E-state index contributed by atoms with van der Waals surface area (Å²) in [5.74, 6) is -0.0634. The van der Waals surface area contributed by atoms with Crippen LogP contribution in [0.2, 0.25) is 0 Å². The van der Waals surface area contributed by atoms with Crippen molar-refractivity contribution >= 4 is 11.9 Å². The van der Waals surface area contributed by atoms with Crippen molar-refractivity contribution in [2.75, 3.05) is 13.2 Å². The largest absolute Gasteiger partial charge is 0.466 e. The van der Waals surface area contributed by atoms with Gasteiger partial charge in [-0.05, 0) is 64.2 Å². The van der Waals surface area contributed by atoms with Gasteiger partial charge in [0.05, 0.1) is 25.4 Å². The minimum atomic E-state index is -0.853. The van der Waals surface area contributed by atoms with E-state index < -0.39 is 12.1 Å². The highest BCUT2D eigenvalue weighted by atomic mass is 16.5. The second kappa shape index (κ2) is 68.6. The molecule has 0 aromatic rings. The third kappa shape index (κ3) is 65.1. The predicted molar refractivity (Wildman–Crippen MR) is 347 cm³/mol. The summed E-state index contributed by atoms with van der Waals surface area (Å²) in [4.78, 5) is 24.6. The molecule has 0 saturated carbocycles. The molecule has 0 rings (SSSR count). The van der Waals surface area contributed by atoms with Gasteiger partial charge in [0, 0.05) is 12.8 Å². The van der Waals surface area contributed by atoms with E-state index in [0.717, 1.165) is 57.8 Å². The lowest BCUT2D eigenvalue weighted by Gasteiger charge is -2.20. The maximum absolute atomic E-state index is 12.5. The Morgan fingerprint density at radius 3 is 0.962 bits per heavy atom. The van der Waals surface area contributed by atoms with Crippen LogP contribution in [0.5, 0.6) is 0 Å². The Morgan fingerprint density at radius 2 is 0.633 bits per heavy atom. The minimum Gasteiger partial charge on any atom is -0.466 e. The summed E-state index contributed by atoms with van der Waals surface area (Å²) in [5, 5.41) is 23.2. The lowest BCUT2D eigenvalue weighted by atomic mass is 10.0. The summed E-state index contributed by atoms with van der Waals surface area (Å²) >= 11 is 0. The van der Waals surface area contributed by atoms with Gasteiger partial charge in [0.1, 0.15) is 0 Å². The van der Waals surface area contributed by atoms with E-state index in [1.807, 2.05) is 6.08 Å². The van der Waals surface area contributed by atoms with Gasteiger partial charge in [-0.3, -0.25) is 9.59 Å². The van der Waals surface area contributed by atoms with Crippen LogP contribution in [0.3, 0.4) is 0 Å². The summed E-state index contributed by atoms with van der Waals surface area (Å²) < 4.78 is 5.50. The smallest absolute Gasteiger partial charge is 0.305 e. The van der Waals surface area contributed by atoms with Crippen molar-refractivity contribution in [2.24, 2.45) is 0 Å². The summed E-state index contributed by atoms with van der Waals surface area (Å²) in [7, 11) is 0. The molecule has 0 fully saturated rings. The molecule has 6 nitrogen and oxygen atoms in total. The highest BCUT2D eigenvalue weighted by Crippen LogP contribution is 2.18. The first-order chi connectivity index (χ1) is 39.0. The molecule has 0 saturated heterocycles. The number of aliphatic hydroxyl groups is 2. The van der Waals surface area contributed by atoms with Gasteiger partial charge < -0.3 is 20.3 Å². The molecule has 0 aromatic carbocycles. The molecule has 466 valence electrons. The lowest BCUT2D eigenvalue weighted by Crippen LogP contribution is -2.45. The molecule has 6 heteroatoms. The highest BCUT2D eigenvalue weighted by molar-refractivity contribution is 5.76. The van der Waals surface area contributed by atoms with Gasteiger partial charge in [-0.2, -0.15) is 0 Å². The molecular weight excluding hydrogens is 971 g/mol. The number of esters is 1. The zero-order valence-corrected chi connectivity index (χ0v) is 53.4. The number of aliphatic hydroxyl groups excluding tert-OH is 2. The number of amides is 1. The quantitative estimate of drug-likeness (QED) is 0.0320. The van der Waals surface area contributed by atoms with Crippen molar-refractivity contribution in [1.29, 1.82) is 0 Å². The number of carbonyl (C=O) groups excluding carboxylic acids is 2. The van der Waals surface area contributed by atoms with E-state index in [9.17, 15) is 19.8 Å². The van der Waals surface area contributed by atoms with Gasteiger partial charge >= 0.3 is 5.97 Å². The van der Waals surface area contributed by atoms with Crippen LogP contribution in [0.15, 0.2) is 36.5 Å². The van der Waals surface area contributed by atoms with Crippen LogP contribution >= 0.6 is 0 Å². The van der Waals surface area contributed by atoms with Crippen LogP contribution in [-0.2, 0) is 14.3 Å². The Hall–Kier alpha value is -1.92. The molecule has 0 heterocycles. The molecule has 3 N–H and O–H groups in total. The first kappa shape index (κ1) is 77.1. The van der Waals surface area contributed by atoms with Crippen molar-refractivity contribution in [3.63, 3.8) is 0 Å². The van der Waals surface area contributed by atoms with Crippen LogP contribution in [0.1, 0.15) is 393 Å². The lowest BCUT2D eigenvalue weighted by molar-refractivity contribution is -0.143. The van der Waals surface area contributed by atoms with E-state index >= 15 is 0 Å². The van der Waals surface area contributed by atoms with Crippen molar-refractivity contribution in [2.45, 2.75) is 405 Å². The van der Waals surface area contributed by atoms with Crippen molar-refractivity contribution in [3.05, 3.63) is 36.5 Å². The van der Waals surface area contributed by atoms with Crippen LogP contribution < -0.4 is 5.32 Å². The summed E-state index contributed by atoms with van der Waals surface area (Å²) in [6.45, 7) is 4.94. The van der Waals surface area contributed by atoms with E-state index in [1.54, 1.807) is 6.08 Å². The number of carbonyl (C=O) groups is 2. The molecule has 2 unspecified atom stereocenters. The van der Waals surface area contributed by atoms with Gasteiger partial charge in [0.15, 0.2) is 0 Å². The third-order valence-electron chi connectivity index (χ3n) is 16.7. The fraction of sp³-hybridized carbons (Fsp3) is 0.890. The molecule has 1 amide bonds. The van der Waals surface area contributed by atoms with Gasteiger partial charge in [0.25, 0.3) is 0 Å². The first-order valence-electron chi connectivity index (χ1n) is 35.8. The maximum atomic E-state index is 12.5. The second-order valence-electron chi connectivity index (χ2n) is 24.6. The van der Waals surface area contributed by atoms with Crippen molar-refractivity contribution < 1.29 is 24.5 Å². The fourth-order valence-corrected chi connectivity index (χ4v) is 11.2. The Kier molecular flexibility index (Phi) is 66.9. The van der Waals surface area contributed by atoms with E-state index in [4.69, 9.17) is 4.74 Å². The van der Waals surface area contributed by atoms with E-state index in [2.05, 4.69) is 43.5 Å². The Labute approximate surface area is 494 Å². The average Bonchev–Trinajstić information content (AvgIpc) is 3.45. The van der Waals surface area contributed by atoms with Crippen molar-refractivity contribution in [1.82, 2.24) is 5.32 Å². The van der Waals surface area contributed by atoms with Gasteiger partial charge in [-0.1, -0.05) is 352 Å². The van der Waals surface area contributed by atoms with Crippen LogP contribution in [0, 0.1) is 0 Å². The third-order valence-corrected chi connectivity index (χ3v) is 16.7. The van der Waals surface area contributed by atoms with Gasteiger partial charge in [-0.15, -0.1) is 0 Å². The normalized spacial score (nSPS) is 12.7. The molecule has 0 aromatic heterocycles. The van der Waals surface area contributed by atoms with E-state index in [-0.39, 0.29) is 18.5 Å². The van der Waals surface area contributed by atoms with Crippen LogP contribution in [0.25, 0.3) is 0 Å². The summed E-state index contributed by atoms with van der Waals surface area (Å²) in [6.07, 6.45) is 87.9. The molecule has 0 aliphatic carbocycles. The molecule has 79 heavy (non-hydrogen) atoms. The Balaban J connectivity index is 3.45. The molecule has 0 radical (unpaired) electrons. The minimum absolute atomic E-state index is 0.0115. The summed E-state index contributed by atoms with van der Waals surface area (Å²) in [6, 6.07) is -0.637. The number of unbranched alkanes of at least 4 members (excludes halogenated alkanes) is 52. The van der Waals surface area contributed by atoms with E-state index in [1.165, 1.54) is 308 Å². The Morgan fingerprint density at radius 1 is 0.354 bits per heavy atom. The average molecular weight is 1110 g/mol. The zero-order chi connectivity index (χ0) is 57.1. The number of nitrogens with one attached hydrogen (secondary N) is 1. The standard InChI is InChI=1S/C73H139NO5/c1-3-5-7-9-11-13-15-17-19-21-23-27-30-33-37-41-45-49-53-57-61-65-71(76)70(69-75)74-72(77)66-62-58-54-50-46-42-38-34-31-28-25-24-26-29-32-36-40-44-48-52-56-60-64-68-79-73(78)67-63-59-55-51-47-43-39-35-22-20-18-16-14-12-10-8-6-4-2/h24,26,28,31,61,65,70-71,75-76H,3-23,25,27,29-30,32-60,62-64,66-69H2,1-2H3,(H,74,77)/b26-24-,31-28-,65-61+. The first-order valence-corrected chi connectivity index (χ1v) is 35.8. The van der Waals surface area contributed by atoms with Gasteiger partial charge in [-0.25, -0.2) is 0 Å². The zero-order valence-electron chi connectivity index (χ0n) is 53.4. The van der Waals surface area contributed by atoms with Crippen LogP contribution in [-0.4, -0.2) is 47.4 Å². The number of ether oxygens (including phenoxy) is 1. The molecule has 0 aliphatic heterocycles. The van der Waals surface area contributed by atoms with E-state index in [0.29, 0.717) is 19.4 Å². The molecular formula is C73H139NO5. The molecule has 0 aliphatic rings. The number of hydrogen-bond acceptors (Lipinski definition) is 5. The highest BCUT2D eigenvalue weighted by Gasteiger charge is 2.18. The monoisotopic (exact) mass is 1110 g/mol. The predicted octanol–water partition coefficient (Wildman–Crippen LogP) is 23.1. The van der Waals surface area contributed by atoms with Crippen LogP contribution in [0.4, 0.5) is 0 Å². The van der Waals surface area contributed by atoms with Gasteiger partial charge in [0.2, 0.25) is 5.91 Å². The SMILES string of the molecule is CCCCCCCCCCCCCCCCCCCCC/C=C/C(O)C(CO)NC(=O)CCCCCCCCC/C=C\C/C=C\CCCCCCCCCCCOC(=O)CCCCCCCCCCCCCCCCCCCC. The number of rotatable bonds is 67.